The number of hydrogen-bond donors (Lipinski definition) is 0. The van der Waals surface area contributed by atoms with Crippen LogP contribution in [0.4, 0.5) is 0 Å². The van der Waals surface area contributed by atoms with Crippen LogP contribution in [-0.2, 0) is 12.8 Å². The predicted molar refractivity (Wildman–Crippen MR) is 144 cm³/mol. The van der Waals surface area contributed by atoms with E-state index < -0.39 is 0 Å². The van der Waals surface area contributed by atoms with E-state index in [0.29, 0.717) is 0 Å². The van der Waals surface area contributed by atoms with Crippen molar-refractivity contribution in [3.8, 4) is 0 Å². The highest BCUT2D eigenvalue weighted by Gasteiger charge is 2.27. The third-order valence-electron chi connectivity index (χ3n) is 9.44. The van der Waals surface area contributed by atoms with Gasteiger partial charge in [-0.2, -0.15) is 0 Å². The Balaban J connectivity index is 1.20. The van der Waals surface area contributed by atoms with Crippen molar-refractivity contribution in [3.63, 3.8) is 0 Å². The molecule has 2 aliphatic carbocycles. The van der Waals surface area contributed by atoms with Crippen LogP contribution < -0.4 is 0 Å². The SMILES string of the molecule is Cc1cc(C)c(CC2CCC(CC3CCC(Cc4cc(C)c(C)c(C)c4)CC3)CC2)c(C)c1. The number of rotatable bonds is 6. The second-order valence-electron chi connectivity index (χ2n) is 12.1. The fourth-order valence-electron chi connectivity index (χ4n) is 7.21. The van der Waals surface area contributed by atoms with Gasteiger partial charge in [-0.25, -0.2) is 0 Å². The Bertz CT molecular complexity index is 886. The largest absolute Gasteiger partial charge is 0.0561 e. The molecule has 2 aliphatic rings. The van der Waals surface area contributed by atoms with Gasteiger partial charge < -0.3 is 0 Å². The van der Waals surface area contributed by atoms with Crippen molar-refractivity contribution >= 4 is 0 Å². The molecule has 0 aromatic heterocycles. The average Bonchev–Trinajstić information content (AvgIpc) is 2.77. The van der Waals surface area contributed by atoms with Gasteiger partial charge in [-0.1, -0.05) is 55.5 Å². The monoisotopic (exact) mass is 444 g/mol. The van der Waals surface area contributed by atoms with Gasteiger partial charge in [0.25, 0.3) is 0 Å². The zero-order valence-electron chi connectivity index (χ0n) is 22.4. The summed E-state index contributed by atoms with van der Waals surface area (Å²) in [7, 11) is 0. The number of aryl methyl sites for hydroxylation is 5. The molecule has 2 aromatic rings. The normalized spacial score (nSPS) is 25.9. The van der Waals surface area contributed by atoms with Crippen LogP contribution in [0.15, 0.2) is 24.3 Å². The zero-order chi connectivity index (χ0) is 23.5. The molecule has 0 bridgehead atoms. The van der Waals surface area contributed by atoms with Gasteiger partial charge in [-0.15, -0.1) is 0 Å². The summed E-state index contributed by atoms with van der Waals surface area (Å²) in [6, 6.07) is 9.66. The maximum absolute atomic E-state index is 2.45. The third kappa shape index (κ3) is 6.32. The molecule has 0 saturated heterocycles. The molecule has 0 unspecified atom stereocenters. The molecule has 0 aliphatic heterocycles. The van der Waals surface area contributed by atoms with Crippen molar-refractivity contribution in [1.29, 1.82) is 0 Å². The average molecular weight is 445 g/mol. The molecule has 0 heteroatoms. The maximum Gasteiger partial charge on any atom is -0.0245 e. The van der Waals surface area contributed by atoms with E-state index in [1.54, 1.807) is 11.1 Å². The molecule has 0 radical (unpaired) electrons. The summed E-state index contributed by atoms with van der Waals surface area (Å²) in [6.45, 7) is 13.7. The lowest BCUT2D eigenvalue weighted by Gasteiger charge is -2.34. The molecular formula is C33H48. The van der Waals surface area contributed by atoms with Crippen LogP contribution in [0.2, 0.25) is 0 Å². The molecule has 0 atom stereocenters. The minimum absolute atomic E-state index is 0.915. The topological polar surface area (TPSA) is 0 Å². The third-order valence-corrected chi connectivity index (χ3v) is 9.44. The van der Waals surface area contributed by atoms with E-state index in [4.69, 9.17) is 0 Å². The summed E-state index contributed by atoms with van der Waals surface area (Å²) in [5.41, 5.74) is 12.1. The molecule has 0 nitrogen and oxygen atoms in total. The van der Waals surface area contributed by atoms with Crippen LogP contribution in [0.5, 0.6) is 0 Å². The summed E-state index contributed by atoms with van der Waals surface area (Å²) >= 11 is 0. The molecule has 0 amide bonds. The van der Waals surface area contributed by atoms with Crippen molar-refractivity contribution in [2.24, 2.45) is 23.7 Å². The molecule has 4 rings (SSSR count). The summed E-state index contributed by atoms with van der Waals surface area (Å²) in [5, 5.41) is 0. The highest BCUT2D eigenvalue weighted by Crippen LogP contribution is 2.40. The zero-order valence-corrected chi connectivity index (χ0v) is 22.4. The Hall–Kier alpha value is -1.56. The Morgan fingerprint density at radius 2 is 0.939 bits per heavy atom. The fraction of sp³-hybridized carbons (Fsp3) is 0.636. The van der Waals surface area contributed by atoms with Crippen LogP contribution in [-0.4, -0.2) is 0 Å². The van der Waals surface area contributed by atoms with E-state index in [9.17, 15) is 0 Å². The first-order chi connectivity index (χ1) is 15.8. The van der Waals surface area contributed by atoms with Crippen LogP contribution in [0.1, 0.15) is 102 Å². The lowest BCUT2D eigenvalue weighted by molar-refractivity contribution is 0.191. The highest BCUT2D eigenvalue weighted by atomic mass is 14.3. The second-order valence-corrected chi connectivity index (χ2v) is 12.1. The molecule has 33 heavy (non-hydrogen) atoms. The smallest absolute Gasteiger partial charge is 0.0245 e. The molecule has 0 spiro atoms. The summed E-state index contributed by atoms with van der Waals surface area (Å²) in [4.78, 5) is 0. The van der Waals surface area contributed by atoms with Crippen LogP contribution in [0, 0.1) is 65.2 Å². The molecule has 2 aromatic carbocycles. The van der Waals surface area contributed by atoms with Gasteiger partial charge in [0.1, 0.15) is 0 Å². The first kappa shape index (κ1) is 24.6. The standard InChI is InChI=1S/C33H48/c1-22-15-25(4)33(26(5)16-22)21-31-13-11-29(12-14-31)19-28-7-9-30(10-8-28)20-32-17-23(2)27(6)24(3)18-32/h15-18,28-31H,7-14,19-21H2,1-6H3. The lowest BCUT2D eigenvalue weighted by atomic mass is 9.71. The fourth-order valence-corrected chi connectivity index (χ4v) is 7.21. The summed E-state index contributed by atoms with van der Waals surface area (Å²) in [6.07, 6.45) is 15.9. The Labute approximate surface area is 204 Å². The second kappa shape index (κ2) is 10.8. The van der Waals surface area contributed by atoms with E-state index in [1.165, 1.54) is 104 Å². The molecular weight excluding hydrogens is 396 g/mol. The molecule has 0 N–H and O–H groups in total. The minimum Gasteiger partial charge on any atom is -0.0561 e. The van der Waals surface area contributed by atoms with E-state index in [2.05, 4.69) is 65.8 Å². The number of hydrogen-bond acceptors (Lipinski definition) is 0. The lowest BCUT2D eigenvalue weighted by Crippen LogP contribution is -2.22. The Morgan fingerprint density at radius 1 is 0.515 bits per heavy atom. The quantitative estimate of drug-likeness (QED) is 0.416. The molecule has 0 heterocycles. The maximum atomic E-state index is 2.45. The first-order valence-electron chi connectivity index (χ1n) is 13.9. The van der Waals surface area contributed by atoms with E-state index in [0.717, 1.165) is 23.7 Å². The van der Waals surface area contributed by atoms with Gasteiger partial charge in [0.2, 0.25) is 0 Å². The van der Waals surface area contributed by atoms with Gasteiger partial charge in [0.15, 0.2) is 0 Å². The molecule has 2 fully saturated rings. The van der Waals surface area contributed by atoms with Gasteiger partial charge >= 0.3 is 0 Å². The summed E-state index contributed by atoms with van der Waals surface area (Å²) < 4.78 is 0. The van der Waals surface area contributed by atoms with Crippen molar-refractivity contribution < 1.29 is 0 Å². The predicted octanol–water partition coefficient (Wildman–Crippen LogP) is 9.33. The van der Waals surface area contributed by atoms with Gasteiger partial charge in [-0.3, -0.25) is 0 Å². The van der Waals surface area contributed by atoms with E-state index in [-0.39, 0.29) is 0 Å². The van der Waals surface area contributed by atoms with Crippen molar-refractivity contribution in [2.75, 3.05) is 0 Å². The van der Waals surface area contributed by atoms with Crippen LogP contribution in [0.25, 0.3) is 0 Å². The molecule has 2 saturated carbocycles. The van der Waals surface area contributed by atoms with Crippen molar-refractivity contribution in [3.05, 3.63) is 68.8 Å². The van der Waals surface area contributed by atoms with Gasteiger partial charge in [-0.05, 0) is 149 Å². The van der Waals surface area contributed by atoms with Crippen LogP contribution in [0.3, 0.4) is 0 Å². The van der Waals surface area contributed by atoms with Crippen molar-refractivity contribution in [2.45, 2.75) is 112 Å². The Morgan fingerprint density at radius 3 is 1.42 bits per heavy atom. The van der Waals surface area contributed by atoms with E-state index >= 15 is 0 Å². The van der Waals surface area contributed by atoms with Crippen molar-refractivity contribution in [1.82, 2.24) is 0 Å². The summed E-state index contributed by atoms with van der Waals surface area (Å²) in [5.74, 6) is 3.84. The van der Waals surface area contributed by atoms with Gasteiger partial charge in [0, 0.05) is 0 Å². The first-order valence-corrected chi connectivity index (χ1v) is 13.9. The van der Waals surface area contributed by atoms with Crippen LogP contribution >= 0.6 is 0 Å². The Kier molecular flexibility index (Phi) is 8.03. The van der Waals surface area contributed by atoms with E-state index in [1.807, 2.05) is 0 Å². The highest BCUT2D eigenvalue weighted by molar-refractivity contribution is 5.38. The number of benzene rings is 2. The molecule has 180 valence electrons. The minimum atomic E-state index is 0.915. The van der Waals surface area contributed by atoms with Gasteiger partial charge in [0.05, 0.1) is 0 Å².